The van der Waals surface area contributed by atoms with Gasteiger partial charge >= 0.3 is 0 Å². The normalized spacial score (nSPS) is 18.8. The van der Waals surface area contributed by atoms with Gasteiger partial charge in [-0.25, -0.2) is 0 Å². The number of aliphatic imine (C=N–C) groups is 1. The number of amides is 1. The lowest BCUT2D eigenvalue weighted by atomic mass is 10.3. The lowest BCUT2D eigenvalue weighted by molar-refractivity contribution is -0.129. The summed E-state index contributed by atoms with van der Waals surface area (Å²) in [6.07, 6.45) is 1.44. The van der Waals surface area contributed by atoms with E-state index < -0.39 is 0 Å². The first-order valence-electron chi connectivity index (χ1n) is 8.69. The summed E-state index contributed by atoms with van der Waals surface area (Å²) in [5, 5.41) is 7.29. The molecule has 0 bridgehead atoms. The number of carbonyl (C=O) groups excluding carboxylic acids is 1. The number of nitrogens with one attached hydrogen (secondary N) is 2. The standard InChI is InChI=1S/C18H27ClN4O2/c1-4-17(24)23-9-8-15(12-23)22-18(20-3)21-11-13(2)25-16-7-5-6-14(19)10-16/h5-7,10,13,15H,4,8-9,11-12H2,1-3H3,(H2,20,21,22). The fraction of sp³-hybridized carbons (Fsp3) is 0.556. The molecule has 1 aromatic carbocycles. The zero-order valence-corrected chi connectivity index (χ0v) is 15.8. The lowest BCUT2D eigenvalue weighted by Gasteiger charge is -2.21. The summed E-state index contributed by atoms with van der Waals surface area (Å²) in [5.74, 6) is 1.67. The highest BCUT2D eigenvalue weighted by Crippen LogP contribution is 2.18. The van der Waals surface area contributed by atoms with Crippen LogP contribution in [-0.4, -0.2) is 55.6 Å². The summed E-state index contributed by atoms with van der Waals surface area (Å²) in [5.41, 5.74) is 0. The number of rotatable bonds is 6. The average Bonchev–Trinajstić information content (AvgIpc) is 3.06. The van der Waals surface area contributed by atoms with Gasteiger partial charge in [0, 0.05) is 37.6 Å². The van der Waals surface area contributed by atoms with Crippen LogP contribution in [0.1, 0.15) is 26.7 Å². The summed E-state index contributed by atoms with van der Waals surface area (Å²) >= 11 is 5.97. The number of carbonyl (C=O) groups is 1. The van der Waals surface area contributed by atoms with E-state index in [1.807, 2.05) is 36.9 Å². The van der Waals surface area contributed by atoms with Gasteiger partial charge < -0.3 is 20.3 Å². The number of likely N-dealkylation sites (tertiary alicyclic amines) is 1. The highest BCUT2D eigenvalue weighted by molar-refractivity contribution is 6.30. The van der Waals surface area contributed by atoms with Crippen LogP contribution in [0.15, 0.2) is 29.3 Å². The van der Waals surface area contributed by atoms with Crippen molar-refractivity contribution in [3.05, 3.63) is 29.3 Å². The molecule has 25 heavy (non-hydrogen) atoms. The van der Waals surface area contributed by atoms with Crippen LogP contribution in [0.2, 0.25) is 5.02 Å². The molecule has 1 aliphatic rings. The molecule has 6 nitrogen and oxygen atoms in total. The van der Waals surface area contributed by atoms with Gasteiger partial charge in [-0.3, -0.25) is 9.79 Å². The number of ether oxygens (including phenoxy) is 1. The number of nitrogens with zero attached hydrogens (tertiary/aromatic N) is 2. The number of hydrogen-bond donors (Lipinski definition) is 2. The third kappa shape index (κ3) is 6.12. The van der Waals surface area contributed by atoms with Crippen molar-refractivity contribution in [3.63, 3.8) is 0 Å². The molecule has 0 aromatic heterocycles. The third-order valence-electron chi connectivity index (χ3n) is 4.10. The van der Waals surface area contributed by atoms with Crippen molar-refractivity contribution in [2.45, 2.75) is 38.8 Å². The Morgan fingerprint density at radius 1 is 1.52 bits per heavy atom. The van der Waals surface area contributed by atoms with Crippen LogP contribution in [0.25, 0.3) is 0 Å². The Hall–Kier alpha value is -1.95. The minimum Gasteiger partial charge on any atom is -0.489 e. The molecule has 1 heterocycles. The van der Waals surface area contributed by atoms with E-state index in [0.717, 1.165) is 31.2 Å². The van der Waals surface area contributed by atoms with E-state index in [4.69, 9.17) is 16.3 Å². The van der Waals surface area contributed by atoms with E-state index in [0.29, 0.717) is 18.0 Å². The molecule has 2 N–H and O–H groups in total. The maximum atomic E-state index is 11.8. The van der Waals surface area contributed by atoms with Crippen molar-refractivity contribution < 1.29 is 9.53 Å². The summed E-state index contributed by atoms with van der Waals surface area (Å²) in [7, 11) is 1.74. The second-order valence-corrected chi connectivity index (χ2v) is 6.60. The van der Waals surface area contributed by atoms with Gasteiger partial charge in [0.15, 0.2) is 5.96 Å². The van der Waals surface area contributed by atoms with Crippen molar-refractivity contribution in [3.8, 4) is 5.75 Å². The molecule has 1 aromatic rings. The largest absolute Gasteiger partial charge is 0.489 e. The van der Waals surface area contributed by atoms with Crippen molar-refractivity contribution in [1.82, 2.24) is 15.5 Å². The first-order chi connectivity index (χ1) is 12.0. The van der Waals surface area contributed by atoms with Crippen LogP contribution < -0.4 is 15.4 Å². The first kappa shape index (κ1) is 19.4. The lowest BCUT2D eigenvalue weighted by Crippen LogP contribution is -2.47. The smallest absolute Gasteiger partial charge is 0.222 e. The molecule has 0 radical (unpaired) electrons. The molecule has 1 fully saturated rings. The predicted octanol–water partition coefficient (Wildman–Crippen LogP) is 2.28. The molecule has 0 saturated carbocycles. The second kappa shape index (κ2) is 9.51. The SMILES string of the molecule is CCC(=O)N1CCC(NC(=NC)NCC(C)Oc2cccc(Cl)c2)C1. The summed E-state index contributed by atoms with van der Waals surface area (Å²) in [6, 6.07) is 7.58. The quantitative estimate of drug-likeness (QED) is 0.598. The highest BCUT2D eigenvalue weighted by Gasteiger charge is 2.25. The molecular weight excluding hydrogens is 340 g/mol. The van der Waals surface area contributed by atoms with E-state index in [-0.39, 0.29) is 18.1 Å². The fourth-order valence-electron chi connectivity index (χ4n) is 2.77. The molecule has 7 heteroatoms. The highest BCUT2D eigenvalue weighted by atomic mass is 35.5. The van der Waals surface area contributed by atoms with E-state index in [1.165, 1.54) is 0 Å². The second-order valence-electron chi connectivity index (χ2n) is 6.16. The minimum atomic E-state index is -0.0428. The van der Waals surface area contributed by atoms with Crippen LogP contribution in [0.4, 0.5) is 0 Å². The van der Waals surface area contributed by atoms with Crippen LogP contribution in [0, 0.1) is 0 Å². The Kier molecular flexibility index (Phi) is 7.37. The van der Waals surface area contributed by atoms with Gasteiger partial charge in [0.25, 0.3) is 0 Å². The van der Waals surface area contributed by atoms with Crippen LogP contribution >= 0.6 is 11.6 Å². The molecule has 1 amide bonds. The van der Waals surface area contributed by atoms with Crippen LogP contribution in [0.5, 0.6) is 5.75 Å². The maximum absolute atomic E-state index is 11.8. The van der Waals surface area contributed by atoms with Gasteiger partial charge in [0.2, 0.25) is 5.91 Å². The zero-order chi connectivity index (χ0) is 18.2. The number of hydrogen-bond acceptors (Lipinski definition) is 3. The Bertz CT molecular complexity index is 608. The number of benzene rings is 1. The molecule has 2 atom stereocenters. The van der Waals surface area contributed by atoms with Gasteiger partial charge in [-0.15, -0.1) is 0 Å². The summed E-state index contributed by atoms with van der Waals surface area (Å²) < 4.78 is 5.84. The monoisotopic (exact) mass is 366 g/mol. The fourth-order valence-corrected chi connectivity index (χ4v) is 2.95. The molecule has 1 saturated heterocycles. The molecule has 1 aliphatic heterocycles. The van der Waals surface area contributed by atoms with Crippen molar-refractivity contribution in [2.75, 3.05) is 26.7 Å². The predicted molar refractivity (Wildman–Crippen MR) is 101 cm³/mol. The Labute approximate surface area is 154 Å². The molecule has 2 rings (SSSR count). The van der Waals surface area contributed by atoms with E-state index in [1.54, 1.807) is 13.1 Å². The van der Waals surface area contributed by atoms with Crippen molar-refractivity contribution in [2.24, 2.45) is 4.99 Å². The van der Waals surface area contributed by atoms with Gasteiger partial charge in [0.05, 0.1) is 6.54 Å². The van der Waals surface area contributed by atoms with Crippen LogP contribution in [-0.2, 0) is 4.79 Å². The summed E-state index contributed by atoms with van der Waals surface area (Å²) in [6.45, 7) is 6.01. The van der Waals surface area contributed by atoms with E-state index in [2.05, 4.69) is 15.6 Å². The molecule has 0 aliphatic carbocycles. The molecule has 138 valence electrons. The van der Waals surface area contributed by atoms with Crippen LogP contribution in [0.3, 0.4) is 0 Å². The number of guanidine groups is 1. The van der Waals surface area contributed by atoms with Gasteiger partial charge in [-0.1, -0.05) is 24.6 Å². The number of halogens is 1. The first-order valence-corrected chi connectivity index (χ1v) is 9.06. The van der Waals surface area contributed by atoms with Gasteiger partial charge in [-0.2, -0.15) is 0 Å². The average molecular weight is 367 g/mol. The Balaban J connectivity index is 1.76. The Morgan fingerprint density at radius 3 is 3.00 bits per heavy atom. The maximum Gasteiger partial charge on any atom is 0.222 e. The van der Waals surface area contributed by atoms with Gasteiger partial charge in [0.1, 0.15) is 11.9 Å². The summed E-state index contributed by atoms with van der Waals surface area (Å²) in [4.78, 5) is 17.9. The molecule has 2 unspecified atom stereocenters. The Morgan fingerprint density at radius 2 is 2.32 bits per heavy atom. The van der Waals surface area contributed by atoms with E-state index >= 15 is 0 Å². The van der Waals surface area contributed by atoms with Crippen molar-refractivity contribution in [1.29, 1.82) is 0 Å². The zero-order valence-electron chi connectivity index (χ0n) is 15.1. The molecular formula is C18H27ClN4O2. The third-order valence-corrected chi connectivity index (χ3v) is 4.33. The van der Waals surface area contributed by atoms with Crippen molar-refractivity contribution >= 4 is 23.5 Å². The topological polar surface area (TPSA) is 66.0 Å². The van der Waals surface area contributed by atoms with Gasteiger partial charge in [-0.05, 0) is 31.5 Å². The minimum absolute atomic E-state index is 0.0428. The van der Waals surface area contributed by atoms with E-state index in [9.17, 15) is 4.79 Å². The molecule has 0 spiro atoms.